The number of benzene rings is 3. The standard InChI is InChI=1S/C46H47ClN10O7/c47-34-25-50-46(53-41(34)33-24-49-35-9-2-1-7-31(33)35)51-29-6-4-19-56(26-29)43(61)28-11-13-30(14-12-28)55-22-20-54(21-23-55)18-5-17-48-39(59)27-64-37-10-3-8-32-40(37)45(63)57(44(32)62)36-15-16-38(58)52-42(36)60/h1-3,7-14,24-25,29,36,49H,4-6,15-23,26-27H2,(H,48,59)(H,50,51,53)(H,52,58,60)/t29-,36?/m1/s1. The molecule has 18 heteroatoms. The van der Waals surface area contributed by atoms with Crippen LogP contribution in [0.3, 0.4) is 0 Å². The maximum absolute atomic E-state index is 13.7. The zero-order chi connectivity index (χ0) is 44.3. The number of rotatable bonds is 13. The minimum absolute atomic E-state index is 0.00276. The number of carbonyl (C=O) groups is 6. The first-order chi connectivity index (χ1) is 31.1. The molecule has 330 valence electrons. The van der Waals surface area contributed by atoms with Gasteiger partial charge in [0.25, 0.3) is 23.6 Å². The third kappa shape index (κ3) is 8.85. The van der Waals surface area contributed by atoms with E-state index in [1.807, 2.05) is 59.6 Å². The molecule has 2 aromatic heterocycles. The average Bonchev–Trinajstić information content (AvgIpc) is 3.85. The van der Waals surface area contributed by atoms with Gasteiger partial charge < -0.3 is 30.2 Å². The molecule has 5 aromatic rings. The predicted octanol–water partition coefficient (Wildman–Crippen LogP) is 4.10. The highest BCUT2D eigenvalue weighted by molar-refractivity contribution is 6.33. The normalized spacial score (nSPS) is 19.2. The van der Waals surface area contributed by atoms with E-state index in [0.29, 0.717) is 41.9 Å². The van der Waals surface area contributed by atoms with Crippen molar-refractivity contribution in [2.45, 2.75) is 44.2 Å². The van der Waals surface area contributed by atoms with Crippen molar-refractivity contribution in [2.75, 3.05) is 69.2 Å². The molecule has 0 saturated carbocycles. The molecule has 6 amide bonds. The van der Waals surface area contributed by atoms with E-state index in [4.69, 9.17) is 21.3 Å². The number of nitrogens with zero attached hydrogens (tertiary/aromatic N) is 6. The number of fused-ring (bicyclic) bond motifs is 2. The van der Waals surface area contributed by atoms with Crippen molar-refractivity contribution in [1.82, 2.24) is 40.3 Å². The highest BCUT2D eigenvalue weighted by Gasteiger charge is 2.46. The lowest BCUT2D eigenvalue weighted by atomic mass is 10.0. The average molecular weight is 887 g/mol. The van der Waals surface area contributed by atoms with Crippen LogP contribution in [-0.2, 0) is 14.4 Å². The van der Waals surface area contributed by atoms with E-state index in [2.05, 4.69) is 35.7 Å². The third-order valence-electron chi connectivity index (χ3n) is 12.2. The second-order valence-corrected chi connectivity index (χ2v) is 16.8. The number of hydrogen-bond donors (Lipinski definition) is 4. The minimum atomic E-state index is -1.09. The zero-order valence-corrected chi connectivity index (χ0v) is 35.7. The molecule has 0 spiro atoms. The van der Waals surface area contributed by atoms with Crippen LogP contribution in [-0.4, -0.2) is 136 Å². The Morgan fingerprint density at radius 3 is 2.52 bits per heavy atom. The van der Waals surface area contributed by atoms with E-state index < -0.39 is 29.7 Å². The maximum atomic E-state index is 13.7. The molecule has 6 heterocycles. The number of amides is 6. The highest BCUT2D eigenvalue weighted by atomic mass is 35.5. The number of H-pyrrole nitrogens is 1. The number of nitrogens with one attached hydrogen (secondary N) is 4. The SMILES string of the molecule is O=C(COc1cccc2c1C(=O)N(C1CCC(=O)NC1=O)C2=O)NCCCN1CCN(c2ccc(C(=O)N3CCC[C@@H](Nc4ncc(Cl)c(-c5c[nH]c6ccccc56)n4)C3)cc2)CC1. The van der Waals surface area contributed by atoms with Crippen molar-refractivity contribution >= 4 is 69.6 Å². The van der Waals surface area contributed by atoms with Gasteiger partial charge in [0.05, 0.1) is 28.0 Å². The van der Waals surface area contributed by atoms with E-state index in [-0.39, 0.29) is 54.2 Å². The third-order valence-corrected chi connectivity index (χ3v) is 12.5. The molecule has 4 aliphatic heterocycles. The van der Waals surface area contributed by atoms with Gasteiger partial charge in [0, 0.05) is 92.2 Å². The summed E-state index contributed by atoms with van der Waals surface area (Å²) in [6.45, 7) is 5.42. The van der Waals surface area contributed by atoms with Gasteiger partial charge in [-0.15, -0.1) is 0 Å². The molecule has 0 bridgehead atoms. The number of aromatic nitrogens is 3. The lowest BCUT2D eigenvalue weighted by Gasteiger charge is -2.36. The number of aromatic amines is 1. The number of piperazine rings is 1. The van der Waals surface area contributed by atoms with Gasteiger partial charge in [-0.05, 0) is 74.7 Å². The van der Waals surface area contributed by atoms with Crippen LogP contribution in [0.2, 0.25) is 5.02 Å². The summed E-state index contributed by atoms with van der Waals surface area (Å²) in [5.41, 5.74) is 4.34. The summed E-state index contributed by atoms with van der Waals surface area (Å²) in [7, 11) is 0. The fourth-order valence-electron chi connectivity index (χ4n) is 8.91. The number of carbonyl (C=O) groups excluding carboxylic acids is 6. The highest BCUT2D eigenvalue weighted by Crippen LogP contribution is 2.35. The lowest BCUT2D eigenvalue weighted by molar-refractivity contribution is -0.136. The Balaban J connectivity index is 0.696. The fraction of sp³-hybridized carbons (Fsp3) is 0.348. The van der Waals surface area contributed by atoms with E-state index in [0.717, 1.165) is 79.0 Å². The first-order valence-corrected chi connectivity index (χ1v) is 22.0. The van der Waals surface area contributed by atoms with Crippen molar-refractivity contribution in [2.24, 2.45) is 0 Å². The van der Waals surface area contributed by atoms with E-state index >= 15 is 0 Å². The van der Waals surface area contributed by atoms with Crippen molar-refractivity contribution in [3.63, 3.8) is 0 Å². The summed E-state index contributed by atoms with van der Waals surface area (Å²) < 4.78 is 5.70. The van der Waals surface area contributed by atoms with Gasteiger partial charge in [-0.25, -0.2) is 9.97 Å². The first-order valence-electron chi connectivity index (χ1n) is 21.6. The first kappa shape index (κ1) is 42.5. The molecule has 1 unspecified atom stereocenters. The van der Waals surface area contributed by atoms with Crippen LogP contribution in [0.15, 0.2) is 79.1 Å². The topological polar surface area (TPSA) is 202 Å². The second kappa shape index (κ2) is 18.5. The Kier molecular flexibility index (Phi) is 12.3. The number of imide groups is 2. The van der Waals surface area contributed by atoms with Crippen LogP contribution < -0.4 is 25.6 Å². The molecule has 64 heavy (non-hydrogen) atoms. The van der Waals surface area contributed by atoms with Crippen LogP contribution in [0, 0.1) is 0 Å². The van der Waals surface area contributed by atoms with Crippen molar-refractivity contribution in [3.8, 4) is 17.0 Å². The van der Waals surface area contributed by atoms with E-state index in [1.54, 1.807) is 12.3 Å². The molecule has 2 atom stereocenters. The van der Waals surface area contributed by atoms with Crippen LogP contribution in [0.5, 0.6) is 5.75 Å². The second-order valence-electron chi connectivity index (χ2n) is 16.4. The summed E-state index contributed by atoms with van der Waals surface area (Å²) in [6, 6.07) is 19.2. The van der Waals surface area contributed by atoms with E-state index in [9.17, 15) is 28.8 Å². The summed E-state index contributed by atoms with van der Waals surface area (Å²) in [4.78, 5) is 96.7. The molecular formula is C46H47ClN10O7. The summed E-state index contributed by atoms with van der Waals surface area (Å²) in [6.07, 6.45) is 6.04. The van der Waals surface area contributed by atoms with E-state index in [1.165, 1.54) is 12.1 Å². The summed E-state index contributed by atoms with van der Waals surface area (Å²) >= 11 is 6.56. The number of piperidine rings is 2. The molecule has 0 aliphatic carbocycles. The molecule has 4 aliphatic rings. The van der Waals surface area contributed by atoms with Crippen LogP contribution in [0.4, 0.5) is 11.6 Å². The van der Waals surface area contributed by atoms with Gasteiger partial charge in [-0.1, -0.05) is 35.9 Å². The van der Waals surface area contributed by atoms with Crippen LogP contribution >= 0.6 is 11.6 Å². The molecule has 9 rings (SSSR count). The number of hydrogen-bond acceptors (Lipinski definition) is 12. The quantitative estimate of drug-likeness (QED) is 0.0976. The molecule has 17 nitrogen and oxygen atoms in total. The Morgan fingerprint density at radius 1 is 0.891 bits per heavy atom. The number of halogens is 1. The Bertz CT molecular complexity index is 2630. The fourth-order valence-corrected chi connectivity index (χ4v) is 9.10. The van der Waals surface area contributed by atoms with Crippen LogP contribution in [0.25, 0.3) is 22.2 Å². The largest absolute Gasteiger partial charge is 0.483 e. The summed E-state index contributed by atoms with van der Waals surface area (Å²) in [5.74, 6) is -2.32. The Hall–Kier alpha value is -6.85. The molecule has 3 aromatic carbocycles. The minimum Gasteiger partial charge on any atom is -0.483 e. The smallest absolute Gasteiger partial charge is 0.266 e. The van der Waals surface area contributed by atoms with Gasteiger partial charge in [-0.3, -0.25) is 43.9 Å². The predicted molar refractivity (Wildman–Crippen MR) is 238 cm³/mol. The van der Waals surface area contributed by atoms with Gasteiger partial charge in [0.1, 0.15) is 11.8 Å². The number of likely N-dealkylation sites (tertiary alicyclic amines) is 1. The molecule has 3 fully saturated rings. The number of ether oxygens (including phenoxy) is 1. The Labute approximate surface area is 373 Å². The molecular weight excluding hydrogens is 840 g/mol. The van der Waals surface area contributed by atoms with Gasteiger partial charge >= 0.3 is 0 Å². The molecule has 4 N–H and O–H groups in total. The Morgan fingerprint density at radius 2 is 1.70 bits per heavy atom. The summed E-state index contributed by atoms with van der Waals surface area (Å²) in [5, 5.41) is 9.97. The van der Waals surface area contributed by atoms with Crippen molar-refractivity contribution in [1.29, 1.82) is 0 Å². The number of anilines is 2. The van der Waals surface area contributed by atoms with Gasteiger partial charge in [0.2, 0.25) is 17.8 Å². The van der Waals surface area contributed by atoms with Crippen molar-refractivity contribution < 1.29 is 33.5 Å². The van der Waals surface area contributed by atoms with Gasteiger partial charge in [-0.2, -0.15) is 0 Å². The zero-order valence-electron chi connectivity index (χ0n) is 35.0. The van der Waals surface area contributed by atoms with Crippen molar-refractivity contribution in [3.05, 3.63) is 101 Å². The molecule has 3 saturated heterocycles. The lowest BCUT2D eigenvalue weighted by Crippen LogP contribution is -2.54. The van der Waals surface area contributed by atoms with Gasteiger partial charge in [0.15, 0.2) is 6.61 Å². The maximum Gasteiger partial charge on any atom is 0.266 e. The van der Waals surface area contributed by atoms with Crippen LogP contribution in [0.1, 0.15) is 63.2 Å². The number of para-hydroxylation sites is 1. The monoisotopic (exact) mass is 886 g/mol. The molecule has 0 radical (unpaired) electrons.